The zero-order valence-electron chi connectivity index (χ0n) is 12.3. The molecule has 0 fully saturated rings. The number of hydrogen-bond acceptors (Lipinski definition) is 3. The lowest BCUT2D eigenvalue weighted by atomic mass is 9.98. The first-order valence-corrected chi connectivity index (χ1v) is 9.12. The largest absolute Gasteiger partial charge is 0.347 e. The number of rotatable bonds is 3. The zero-order valence-corrected chi connectivity index (χ0v) is 13.9. The summed E-state index contributed by atoms with van der Waals surface area (Å²) in [6, 6.07) is 10.3. The van der Waals surface area contributed by atoms with E-state index in [1.807, 2.05) is 6.07 Å². The van der Waals surface area contributed by atoms with Gasteiger partial charge in [-0.2, -0.15) is 0 Å². The van der Waals surface area contributed by atoms with Crippen LogP contribution in [0.25, 0.3) is 10.4 Å². The highest BCUT2D eigenvalue weighted by atomic mass is 32.1. The van der Waals surface area contributed by atoms with Crippen LogP contribution in [0, 0.1) is 5.82 Å². The van der Waals surface area contributed by atoms with Crippen molar-refractivity contribution >= 4 is 28.6 Å². The molecule has 1 aliphatic rings. The average molecular weight is 343 g/mol. The molecule has 0 atom stereocenters. The van der Waals surface area contributed by atoms with E-state index < -0.39 is 0 Å². The van der Waals surface area contributed by atoms with Crippen LogP contribution >= 0.6 is 22.7 Å². The Kier molecular flexibility index (Phi) is 3.75. The molecule has 0 aliphatic heterocycles. The van der Waals surface area contributed by atoms with Gasteiger partial charge < -0.3 is 5.32 Å². The van der Waals surface area contributed by atoms with Crippen molar-refractivity contribution < 1.29 is 9.18 Å². The number of nitrogens with one attached hydrogen (secondary N) is 1. The molecule has 3 aromatic rings. The topological polar surface area (TPSA) is 29.1 Å². The number of hydrogen-bond donors (Lipinski definition) is 1. The van der Waals surface area contributed by atoms with Crippen molar-refractivity contribution in [3.63, 3.8) is 0 Å². The molecule has 4 rings (SSSR count). The van der Waals surface area contributed by atoms with Crippen molar-refractivity contribution in [1.82, 2.24) is 5.32 Å². The highest BCUT2D eigenvalue weighted by Crippen LogP contribution is 2.41. The highest BCUT2D eigenvalue weighted by Gasteiger charge is 2.22. The molecule has 1 aliphatic carbocycles. The molecule has 1 aromatic carbocycles. The molecule has 0 bridgehead atoms. The fraction of sp³-hybridized carbons (Fsp3) is 0.167. The molecular formula is C18H14FNOS2. The first-order chi connectivity index (χ1) is 11.2. The Bertz CT molecular complexity index is 864. The van der Waals surface area contributed by atoms with E-state index in [0.29, 0.717) is 6.54 Å². The van der Waals surface area contributed by atoms with Crippen LogP contribution in [0.4, 0.5) is 4.39 Å². The van der Waals surface area contributed by atoms with Crippen LogP contribution in [0.15, 0.2) is 41.8 Å². The molecule has 1 amide bonds. The van der Waals surface area contributed by atoms with Gasteiger partial charge in [-0.3, -0.25) is 4.79 Å². The Morgan fingerprint density at radius 3 is 2.83 bits per heavy atom. The summed E-state index contributed by atoms with van der Waals surface area (Å²) in [6.45, 7) is 0.408. The summed E-state index contributed by atoms with van der Waals surface area (Å²) in [4.78, 5) is 15.8. The predicted molar refractivity (Wildman–Crippen MR) is 92.6 cm³/mol. The fourth-order valence-corrected chi connectivity index (χ4v) is 4.94. The SMILES string of the molecule is O=C(NCc1ccc(F)cc1)c1cc2c(s1)-c1ccsc1CC2. The van der Waals surface area contributed by atoms with E-state index in [0.717, 1.165) is 23.3 Å². The van der Waals surface area contributed by atoms with E-state index in [9.17, 15) is 9.18 Å². The normalized spacial score (nSPS) is 12.6. The highest BCUT2D eigenvalue weighted by molar-refractivity contribution is 7.18. The molecule has 0 radical (unpaired) electrons. The van der Waals surface area contributed by atoms with E-state index in [2.05, 4.69) is 16.8 Å². The zero-order chi connectivity index (χ0) is 15.8. The average Bonchev–Trinajstić information content (AvgIpc) is 3.19. The van der Waals surface area contributed by atoms with E-state index >= 15 is 0 Å². The Labute approximate surface area is 141 Å². The molecule has 0 saturated heterocycles. The number of halogens is 1. The van der Waals surface area contributed by atoms with E-state index in [1.165, 1.54) is 33.0 Å². The van der Waals surface area contributed by atoms with Crippen molar-refractivity contribution in [2.75, 3.05) is 0 Å². The summed E-state index contributed by atoms with van der Waals surface area (Å²) in [5, 5.41) is 5.03. The molecule has 2 heterocycles. The summed E-state index contributed by atoms with van der Waals surface area (Å²) >= 11 is 3.35. The molecule has 23 heavy (non-hydrogen) atoms. The van der Waals surface area contributed by atoms with E-state index in [4.69, 9.17) is 0 Å². The first kappa shape index (κ1) is 14.6. The molecule has 5 heteroatoms. The standard InChI is InChI=1S/C18H14FNOS2/c19-13-4-1-11(2-5-13)10-20-18(21)16-9-12-3-6-15-14(7-8-22-15)17(12)23-16/h1-2,4-5,7-9H,3,6,10H2,(H,20,21). The van der Waals surface area contributed by atoms with E-state index in [1.54, 1.807) is 34.8 Å². The fourth-order valence-electron chi connectivity index (χ4n) is 2.81. The van der Waals surface area contributed by atoms with Crippen molar-refractivity contribution in [3.8, 4) is 10.4 Å². The van der Waals surface area contributed by atoms with Gasteiger partial charge in [-0.25, -0.2) is 4.39 Å². The number of thiophene rings is 2. The van der Waals surface area contributed by atoms with Gasteiger partial charge in [0.25, 0.3) is 5.91 Å². The van der Waals surface area contributed by atoms with Crippen molar-refractivity contribution in [1.29, 1.82) is 0 Å². The third-order valence-corrected chi connectivity index (χ3v) is 6.20. The van der Waals surface area contributed by atoms with Gasteiger partial charge in [0.2, 0.25) is 0 Å². The van der Waals surface area contributed by atoms with Gasteiger partial charge in [-0.1, -0.05) is 12.1 Å². The molecule has 0 saturated carbocycles. The third-order valence-electron chi connectivity index (χ3n) is 4.01. The monoisotopic (exact) mass is 343 g/mol. The molecule has 1 N–H and O–H groups in total. The van der Waals surface area contributed by atoms with Gasteiger partial charge in [0.15, 0.2) is 0 Å². The van der Waals surface area contributed by atoms with Crippen LogP contribution in [-0.4, -0.2) is 5.91 Å². The lowest BCUT2D eigenvalue weighted by Crippen LogP contribution is -2.21. The smallest absolute Gasteiger partial charge is 0.261 e. The molecule has 0 unspecified atom stereocenters. The number of fused-ring (bicyclic) bond motifs is 3. The summed E-state index contributed by atoms with van der Waals surface area (Å²) in [5.41, 5.74) is 3.45. The molecular weight excluding hydrogens is 329 g/mol. The molecule has 2 aromatic heterocycles. The molecule has 0 spiro atoms. The maximum atomic E-state index is 12.9. The van der Waals surface area contributed by atoms with Gasteiger partial charge in [0, 0.05) is 21.9 Å². The summed E-state index contributed by atoms with van der Waals surface area (Å²) in [7, 11) is 0. The number of carbonyl (C=O) groups is 1. The van der Waals surface area contributed by atoms with Gasteiger partial charge in [-0.15, -0.1) is 22.7 Å². The van der Waals surface area contributed by atoms with Crippen LogP contribution in [0.2, 0.25) is 0 Å². The number of carbonyl (C=O) groups excluding carboxylic acids is 1. The second-order valence-electron chi connectivity index (χ2n) is 5.53. The summed E-state index contributed by atoms with van der Waals surface area (Å²) in [6.07, 6.45) is 2.07. The van der Waals surface area contributed by atoms with Crippen LogP contribution in [0.1, 0.15) is 25.7 Å². The third kappa shape index (κ3) is 2.82. The predicted octanol–water partition coefficient (Wildman–Crippen LogP) is 4.64. The maximum absolute atomic E-state index is 12.9. The Morgan fingerprint density at radius 2 is 2.00 bits per heavy atom. The van der Waals surface area contributed by atoms with Crippen molar-refractivity contribution in [2.24, 2.45) is 0 Å². The van der Waals surface area contributed by atoms with Gasteiger partial charge in [0.1, 0.15) is 5.82 Å². The van der Waals surface area contributed by atoms with Crippen LogP contribution in [0.5, 0.6) is 0 Å². The Hall–Kier alpha value is -1.98. The summed E-state index contributed by atoms with van der Waals surface area (Å²) < 4.78 is 12.9. The first-order valence-electron chi connectivity index (χ1n) is 7.43. The summed E-state index contributed by atoms with van der Waals surface area (Å²) in [5.74, 6) is -0.330. The van der Waals surface area contributed by atoms with E-state index in [-0.39, 0.29) is 11.7 Å². The van der Waals surface area contributed by atoms with Crippen molar-refractivity contribution in [3.05, 3.63) is 68.5 Å². The minimum atomic E-state index is -0.266. The van der Waals surface area contributed by atoms with Crippen molar-refractivity contribution in [2.45, 2.75) is 19.4 Å². The lowest BCUT2D eigenvalue weighted by Gasteiger charge is -2.10. The Balaban J connectivity index is 1.51. The molecule has 2 nitrogen and oxygen atoms in total. The number of aryl methyl sites for hydroxylation is 2. The van der Waals surface area contributed by atoms with Crippen LogP contribution in [-0.2, 0) is 19.4 Å². The maximum Gasteiger partial charge on any atom is 0.261 e. The second-order valence-corrected chi connectivity index (χ2v) is 7.58. The van der Waals surface area contributed by atoms with Gasteiger partial charge in [0.05, 0.1) is 4.88 Å². The van der Waals surface area contributed by atoms with Crippen LogP contribution < -0.4 is 5.32 Å². The number of amides is 1. The van der Waals surface area contributed by atoms with Crippen LogP contribution in [0.3, 0.4) is 0 Å². The van der Waals surface area contributed by atoms with Gasteiger partial charge in [-0.05, 0) is 53.6 Å². The second kappa shape index (κ2) is 5.91. The lowest BCUT2D eigenvalue weighted by molar-refractivity contribution is 0.0955. The quantitative estimate of drug-likeness (QED) is 0.737. The Morgan fingerprint density at radius 1 is 1.17 bits per heavy atom. The van der Waals surface area contributed by atoms with Gasteiger partial charge >= 0.3 is 0 Å². The number of benzene rings is 1. The minimum Gasteiger partial charge on any atom is -0.347 e. The molecule has 116 valence electrons. The minimum absolute atomic E-state index is 0.0643.